The van der Waals surface area contributed by atoms with Gasteiger partial charge in [-0.05, 0) is 36.5 Å². The van der Waals surface area contributed by atoms with E-state index in [1.807, 2.05) is 18.5 Å². The van der Waals surface area contributed by atoms with Gasteiger partial charge in [0.05, 0.1) is 0 Å². The van der Waals surface area contributed by atoms with Crippen molar-refractivity contribution in [3.63, 3.8) is 0 Å². The summed E-state index contributed by atoms with van der Waals surface area (Å²) >= 11 is 0. The zero-order chi connectivity index (χ0) is 11.4. The maximum atomic E-state index is 4.16. The van der Waals surface area contributed by atoms with E-state index >= 15 is 0 Å². The van der Waals surface area contributed by atoms with E-state index in [4.69, 9.17) is 0 Å². The van der Waals surface area contributed by atoms with Crippen LogP contribution in [0, 0.1) is 6.92 Å². The fraction of sp³-hybridized carbons (Fsp3) is 0.267. The lowest BCUT2D eigenvalue weighted by atomic mass is 9.94. The van der Waals surface area contributed by atoms with Crippen LogP contribution in [0.2, 0.25) is 0 Å². The van der Waals surface area contributed by atoms with Crippen LogP contribution in [0.4, 0.5) is 0 Å². The van der Waals surface area contributed by atoms with Crippen LogP contribution in [0.1, 0.15) is 29.5 Å². The predicted octanol–water partition coefficient (Wildman–Crippen LogP) is 3.74. The number of hydrogen-bond donors (Lipinski definition) is 0. The Morgan fingerprint density at radius 3 is 2.75 bits per heavy atom. The molecule has 16 heavy (non-hydrogen) atoms. The number of nitrogens with zero attached hydrogens (tertiary/aromatic N) is 1. The molecule has 0 saturated heterocycles. The Labute approximate surface area is 97.2 Å². The summed E-state index contributed by atoms with van der Waals surface area (Å²) in [6.07, 6.45) is 4.86. The summed E-state index contributed by atoms with van der Waals surface area (Å²) in [6, 6.07) is 12.9. The summed E-state index contributed by atoms with van der Waals surface area (Å²) in [5, 5.41) is 0. The van der Waals surface area contributed by atoms with Gasteiger partial charge in [0, 0.05) is 12.4 Å². The van der Waals surface area contributed by atoms with Crippen LogP contribution < -0.4 is 0 Å². The normalized spacial score (nSPS) is 12.4. The second kappa shape index (κ2) is 4.93. The van der Waals surface area contributed by atoms with Gasteiger partial charge < -0.3 is 0 Å². The van der Waals surface area contributed by atoms with Crippen LogP contribution in [0.25, 0.3) is 0 Å². The van der Waals surface area contributed by atoms with Crippen molar-refractivity contribution >= 4 is 0 Å². The summed E-state index contributed by atoms with van der Waals surface area (Å²) in [5.74, 6) is 0.524. The van der Waals surface area contributed by atoms with Gasteiger partial charge in [-0.3, -0.25) is 4.98 Å². The van der Waals surface area contributed by atoms with Crippen molar-refractivity contribution in [1.29, 1.82) is 0 Å². The Hall–Kier alpha value is -1.63. The monoisotopic (exact) mass is 211 g/mol. The van der Waals surface area contributed by atoms with E-state index in [9.17, 15) is 0 Å². The lowest BCUT2D eigenvalue weighted by Gasteiger charge is -2.11. The molecule has 0 aliphatic rings. The minimum atomic E-state index is 0.524. The molecular formula is C15H17N. The zero-order valence-electron chi connectivity index (χ0n) is 9.85. The van der Waals surface area contributed by atoms with Gasteiger partial charge in [-0.15, -0.1) is 0 Å². The van der Waals surface area contributed by atoms with E-state index in [1.54, 1.807) is 0 Å². The maximum absolute atomic E-state index is 4.16. The van der Waals surface area contributed by atoms with E-state index in [0.717, 1.165) is 6.42 Å². The molecule has 0 fully saturated rings. The topological polar surface area (TPSA) is 12.9 Å². The van der Waals surface area contributed by atoms with E-state index in [-0.39, 0.29) is 0 Å². The number of aromatic nitrogens is 1. The lowest BCUT2D eigenvalue weighted by Crippen LogP contribution is -1.98. The summed E-state index contributed by atoms with van der Waals surface area (Å²) in [4.78, 5) is 4.16. The van der Waals surface area contributed by atoms with Crippen LogP contribution >= 0.6 is 0 Å². The molecule has 1 heteroatoms. The summed E-state index contributed by atoms with van der Waals surface area (Å²) in [6.45, 7) is 4.39. The Morgan fingerprint density at radius 2 is 2.06 bits per heavy atom. The molecule has 1 heterocycles. The quantitative estimate of drug-likeness (QED) is 0.753. The highest BCUT2D eigenvalue weighted by Crippen LogP contribution is 2.19. The van der Waals surface area contributed by atoms with Crippen LogP contribution in [0.5, 0.6) is 0 Å². The molecule has 1 nitrogen and oxygen atoms in total. The third-order valence-electron chi connectivity index (χ3n) is 2.88. The Kier molecular flexibility index (Phi) is 3.35. The molecule has 1 aromatic heterocycles. The molecule has 2 aromatic rings. The van der Waals surface area contributed by atoms with Crippen molar-refractivity contribution in [3.05, 3.63) is 65.5 Å². The van der Waals surface area contributed by atoms with Gasteiger partial charge in [-0.1, -0.05) is 42.8 Å². The van der Waals surface area contributed by atoms with Gasteiger partial charge in [0.25, 0.3) is 0 Å². The molecule has 82 valence electrons. The molecule has 0 amide bonds. The number of rotatable bonds is 3. The Morgan fingerprint density at radius 1 is 1.19 bits per heavy atom. The highest BCUT2D eigenvalue weighted by Gasteiger charge is 2.06. The average molecular weight is 211 g/mol. The standard InChI is InChI=1S/C15H17N/c1-12-5-3-6-14(9-12)10-13(2)15-7-4-8-16-11-15/h3-9,11,13H,10H2,1-2H3. The van der Waals surface area contributed by atoms with Crippen LogP contribution in [-0.4, -0.2) is 4.98 Å². The van der Waals surface area contributed by atoms with Crippen molar-refractivity contribution < 1.29 is 0 Å². The lowest BCUT2D eigenvalue weighted by molar-refractivity contribution is 0.754. The summed E-state index contributed by atoms with van der Waals surface area (Å²) in [5.41, 5.74) is 4.04. The van der Waals surface area contributed by atoms with Gasteiger partial charge >= 0.3 is 0 Å². The van der Waals surface area contributed by atoms with E-state index < -0.39 is 0 Å². The van der Waals surface area contributed by atoms with E-state index in [0.29, 0.717) is 5.92 Å². The minimum Gasteiger partial charge on any atom is -0.264 e. The van der Waals surface area contributed by atoms with Crippen molar-refractivity contribution in [2.45, 2.75) is 26.2 Å². The smallest absolute Gasteiger partial charge is 0.0302 e. The Balaban J connectivity index is 2.11. The van der Waals surface area contributed by atoms with Gasteiger partial charge in [-0.25, -0.2) is 0 Å². The van der Waals surface area contributed by atoms with Crippen LogP contribution in [-0.2, 0) is 6.42 Å². The van der Waals surface area contributed by atoms with Crippen molar-refractivity contribution in [2.24, 2.45) is 0 Å². The van der Waals surface area contributed by atoms with Gasteiger partial charge in [0.15, 0.2) is 0 Å². The largest absolute Gasteiger partial charge is 0.264 e. The molecule has 2 rings (SSSR count). The van der Waals surface area contributed by atoms with Crippen molar-refractivity contribution in [2.75, 3.05) is 0 Å². The Bertz CT molecular complexity index is 448. The molecule has 1 aromatic carbocycles. The highest BCUT2D eigenvalue weighted by molar-refractivity contribution is 5.25. The number of pyridine rings is 1. The third-order valence-corrected chi connectivity index (χ3v) is 2.88. The molecular weight excluding hydrogens is 194 g/mol. The molecule has 0 radical (unpaired) electrons. The average Bonchev–Trinajstić information content (AvgIpc) is 2.30. The SMILES string of the molecule is Cc1cccc(CC(C)c2cccnc2)c1. The number of hydrogen-bond acceptors (Lipinski definition) is 1. The summed E-state index contributed by atoms with van der Waals surface area (Å²) in [7, 11) is 0. The van der Waals surface area contributed by atoms with E-state index in [2.05, 4.69) is 49.2 Å². The first kappa shape index (κ1) is 10.9. The number of benzene rings is 1. The maximum Gasteiger partial charge on any atom is 0.0302 e. The van der Waals surface area contributed by atoms with Crippen molar-refractivity contribution in [1.82, 2.24) is 4.98 Å². The number of aryl methyl sites for hydroxylation is 1. The molecule has 1 atom stereocenters. The molecule has 0 N–H and O–H groups in total. The second-order valence-corrected chi connectivity index (χ2v) is 4.38. The first-order valence-corrected chi connectivity index (χ1v) is 5.71. The molecule has 0 aliphatic heterocycles. The fourth-order valence-corrected chi connectivity index (χ4v) is 1.98. The minimum absolute atomic E-state index is 0.524. The first-order valence-electron chi connectivity index (χ1n) is 5.71. The molecule has 0 bridgehead atoms. The molecule has 0 saturated carbocycles. The van der Waals surface area contributed by atoms with Crippen LogP contribution in [0.15, 0.2) is 48.8 Å². The van der Waals surface area contributed by atoms with Gasteiger partial charge in [0.2, 0.25) is 0 Å². The third kappa shape index (κ3) is 2.69. The highest BCUT2D eigenvalue weighted by atomic mass is 14.6. The van der Waals surface area contributed by atoms with E-state index in [1.165, 1.54) is 16.7 Å². The molecule has 0 spiro atoms. The molecule has 0 aliphatic carbocycles. The second-order valence-electron chi connectivity index (χ2n) is 4.38. The summed E-state index contributed by atoms with van der Waals surface area (Å²) < 4.78 is 0. The molecule has 1 unspecified atom stereocenters. The zero-order valence-corrected chi connectivity index (χ0v) is 9.85. The van der Waals surface area contributed by atoms with Gasteiger partial charge in [0.1, 0.15) is 0 Å². The van der Waals surface area contributed by atoms with Crippen LogP contribution in [0.3, 0.4) is 0 Å². The predicted molar refractivity (Wildman–Crippen MR) is 67.5 cm³/mol. The first-order chi connectivity index (χ1) is 7.75. The van der Waals surface area contributed by atoms with Gasteiger partial charge in [-0.2, -0.15) is 0 Å². The van der Waals surface area contributed by atoms with Crippen molar-refractivity contribution in [3.8, 4) is 0 Å². The fourth-order valence-electron chi connectivity index (χ4n) is 1.98.